The molecule has 1 heterocycles. The van der Waals surface area contributed by atoms with Gasteiger partial charge in [0.1, 0.15) is 10.9 Å². The fourth-order valence-corrected chi connectivity index (χ4v) is 1.52. The summed E-state index contributed by atoms with van der Waals surface area (Å²) in [5.41, 5.74) is 0. The standard InChI is InChI=1S/C6H2ClNOS/c7-5-1-4(3-9)10-6(5)2-8/h1,3H. The molecular formula is C6H2ClNOS. The number of carbonyl (C=O) groups excluding carboxylic acids is 1. The molecule has 0 atom stereocenters. The number of thiophene rings is 1. The zero-order valence-corrected chi connectivity index (χ0v) is 6.37. The van der Waals surface area contributed by atoms with Gasteiger partial charge in [-0.1, -0.05) is 11.6 Å². The topological polar surface area (TPSA) is 40.9 Å². The number of rotatable bonds is 1. The minimum Gasteiger partial charge on any atom is -0.297 e. The van der Waals surface area contributed by atoms with Crippen LogP contribution in [0.25, 0.3) is 0 Å². The minimum atomic E-state index is 0.356. The monoisotopic (exact) mass is 171 g/mol. The van der Waals surface area contributed by atoms with Crippen LogP contribution in [0.1, 0.15) is 14.5 Å². The SMILES string of the molecule is N#Cc1sc(C=O)cc1Cl. The summed E-state index contributed by atoms with van der Waals surface area (Å²) in [6, 6.07) is 3.36. The van der Waals surface area contributed by atoms with Crippen molar-refractivity contribution in [3.05, 3.63) is 20.8 Å². The fourth-order valence-electron chi connectivity index (χ4n) is 0.521. The van der Waals surface area contributed by atoms with E-state index in [4.69, 9.17) is 16.9 Å². The highest BCUT2D eigenvalue weighted by molar-refractivity contribution is 7.14. The highest BCUT2D eigenvalue weighted by Crippen LogP contribution is 2.24. The van der Waals surface area contributed by atoms with E-state index in [1.807, 2.05) is 6.07 Å². The lowest BCUT2D eigenvalue weighted by molar-refractivity contribution is 0.112. The van der Waals surface area contributed by atoms with E-state index in [1.165, 1.54) is 6.07 Å². The molecule has 0 radical (unpaired) electrons. The molecule has 1 rings (SSSR count). The van der Waals surface area contributed by atoms with Crippen molar-refractivity contribution in [2.75, 3.05) is 0 Å². The zero-order valence-electron chi connectivity index (χ0n) is 4.80. The molecule has 0 aliphatic carbocycles. The van der Waals surface area contributed by atoms with Gasteiger partial charge in [-0.2, -0.15) is 5.26 Å². The lowest BCUT2D eigenvalue weighted by Crippen LogP contribution is -1.62. The Hall–Kier alpha value is -0.850. The maximum Gasteiger partial charge on any atom is 0.160 e. The van der Waals surface area contributed by atoms with Crippen molar-refractivity contribution in [3.8, 4) is 6.07 Å². The van der Waals surface area contributed by atoms with Gasteiger partial charge in [0.15, 0.2) is 6.29 Å². The number of aldehydes is 1. The zero-order chi connectivity index (χ0) is 7.56. The molecule has 1 aromatic heterocycles. The van der Waals surface area contributed by atoms with Crippen molar-refractivity contribution in [1.29, 1.82) is 5.26 Å². The lowest BCUT2D eigenvalue weighted by Gasteiger charge is -1.73. The van der Waals surface area contributed by atoms with E-state index >= 15 is 0 Å². The Morgan fingerprint density at radius 2 is 2.50 bits per heavy atom. The van der Waals surface area contributed by atoms with Crippen molar-refractivity contribution >= 4 is 29.2 Å². The Morgan fingerprint density at radius 3 is 2.80 bits per heavy atom. The predicted molar refractivity (Wildman–Crippen MR) is 39.4 cm³/mol. The fraction of sp³-hybridized carbons (Fsp3) is 0. The molecule has 10 heavy (non-hydrogen) atoms. The third-order valence-electron chi connectivity index (χ3n) is 0.924. The quantitative estimate of drug-likeness (QED) is 0.607. The normalized spacial score (nSPS) is 8.80. The smallest absolute Gasteiger partial charge is 0.160 e. The molecule has 0 saturated carbocycles. The van der Waals surface area contributed by atoms with E-state index in [0.29, 0.717) is 21.1 Å². The number of nitrogens with zero attached hydrogens (tertiary/aromatic N) is 1. The van der Waals surface area contributed by atoms with Gasteiger partial charge in [0, 0.05) is 0 Å². The van der Waals surface area contributed by atoms with E-state index in [1.54, 1.807) is 0 Å². The number of hydrogen-bond donors (Lipinski definition) is 0. The first kappa shape index (κ1) is 7.26. The Morgan fingerprint density at radius 1 is 1.80 bits per heavy atom. The summed E-state index contributed by atoms with van der Waals surface area (Å²) in [5.74, 6) is 0. The van der Waals surface area contributed by atoms with Crippen LogP contribution in [0.2, 0.25) is 5.02 Å². The third kappa shape index (κ3) is 1.18. The van der Waals surface area contributed by atoms with Gasteiger partial charge < -0.3 is 0 Å². The Balaban J connectivity index is 3.19. The molecule has 0 aromatic carbocycles. The third-order valence-corrected chi connectivity index (χ3v) is 2.30. The van der Waals surface area contributed by atoms with Gasteiger partial charge in [-0.05, 0) is 6.07 Å². The van der Waals surface area contributed by atoms with Gasteiger partial charge in [0.2, 0.25) is 0 Å². The van der Waals surface area contributed by atoms with Crippen LogP contribution in [-0.2, 0) is 0 Å². The number of halogens is 1. The minimum absolute atomic E-state index is 0.356. The van der Waals surface area contributed by atoms with E-state index in [0.717, 1.165) is 11.3 Å². The van der Waals surface area contributed by atoms with E-state index in [-0.39, 0.29) is 0 Å². The highest BCUT2D eigenvalue weighted by atomic mass is 35.5. The van der Waals surface area contributed by atoms with Crippen molar-refractivity contribution in [3.63, 3.8) is 0 Å². The van der Waals surface area contributed by atoms with E-state index < -0.39 is 0 Å². The summed E-state index contributed by atoms with van der Waals surface area (Å²) in [6.07, 6.45) is 0.678. The Bertz CT molecular complexity index is 299. The highest BCUT2D eigenvalue weighted by Gasteiger charge is 2.04. The van der Waals surface area contributed by atoms with Crippen LogP contribution in [0.15, 0.2) is 6.07 Å². The van der Waals surface area contributed by atoms with Crippen LogP contribution in [-0.4, -0.2) is 6.29 Å². The van der Waals surface area contributed by atoms with Gasteiger partial charge in [-0.25, -0.2) is 0 Å². The second-order valence-corrected chi connectivity index (χ2v) is 3.05. The van der Waals surface area contributed by atoms with Crippen LogP contribution >= 0.6 is 22.9 Å². The summed E-state index contributed by atoms with van der Waals surface area (Å²) in [5, 5.41) is 8.74. The largest absolute Gasteiger partial charge is 0.297 e. The molecule has 0 saturated heterocycles. The number of nitriles is 1. The van der Waals surface area contributed by atoms with Crippen molar-refractivity contribution < 1.29 is 4.79 Å². The second-order valence-electron chi connectivity index (χ2n) is 1.56. The summed E-state index contributed by atoms with van der Waals surface area (Å²) >= 11 is 6.65. The van der Waals surface area contributed by atoms with Gasteiger partial charge in [0.25, 0.3) is 0 Å². The lowest BCUT2D eigenvalue weighted by atomic mass is 10.4. The molecule has 0 N–H and O–H groups in total. The van der Waals surface area contributed by atoms with Crippen molar-refractivity contribution in [2.24, 2.45) is 0 Å². The molecule has 0 unspecified atom stereocenters. The summed E-state index contributed by atoms with van der Waals surface area (Å²) in [7, 11) is 0. The van der Waals surface area contributed by atoms with Crippen molar-refractivity contribution in [1.82, 2.24) is 0 Å². The predicted octanol–water partition coefficient (Wildman–Crippen LogP) is 2.09. The molecule has 50 valence electrons. The molecular weight excluding hydrogens is 170 g/mol. The number of hydrogen-bond acceptors (Lipinski definition) is 3. The van der Waals surface area contributed by atoms with Crippen LogP contribution in [0.3, 0.4) is 0 Å². The molecule has 0 fully saturated rings. The van der Waals surface area contributed by atoms with Gasteiger partial charge in [-0.15, -0.1) is 11.3 Å². The van der Waals surface area contributed by atoms with Crippen LogP contribution in [0.4, 0.5) is 0 Å². The summed E-state index contributed by atoms with van der Waals surface area (Å²) in [6.45, 7) is 0. The average molecular weight is 172 g/mol. The Labute approximate surface area is 66.7 Å². The van der Waals surface area contributed by atoms with Crippen LogP contribution in [0.5, 0.6) is 0 Å². The average Bonchev–Trinajstić information content (AvgIpc) is 2.30. The maximum absolute atomic E-state index is 10.1. The van der Waals surface area contributed by atoms with Gasteiger partial charge >= 0.3 is 0 Å². The summed E-state index contributed by atoms with van der Waals surface area (Å²) in [4.78, 5) is 11.0. The molecule has 2 nitrogen and oxygen atoms in total. The second kappa shape index (κ2) is 2.82. The Kier molecular flexibility index (Phi) is 2.05. The summed E-state index contributed by atoms with van der Waals surface area (Å²) < 4.78 is 0. The van der Waals surface area contributed by atoms with E-state index in [9.17, 15) is 4.79 Å². The molecule has 0 bridgehead atoms. The first-order valence-corrected chi connectivity index (χ1v) is 3.62. The first-order chi connectivity index (χ1) is 4.77. The van der Waals surface area contributed by atoms with Crippen LogP contribution in [0, 0.1) is 11.3 Å². The van der Waals surface area contributed by atoms with E-state index in [2.05, 4.69) is 0 Å². The first-order valence-electron chi connectivity index (χ1n) is 2.42. The van der Waals surface area contributed by atoms with Crippen molar-refractivity contribution in [2.45, 2.75) is 0 Å². The van der Waals surface area contributed by atoms with Gasteiger partial charge in [0.05, 0.1) is 9.90 Å². The number of carbonyl (C=O) groups is 1. The molecule has 4 heteroatoms. The molecule has 0 aliphatic heterocycles. The van der Waals surface area contributed by atoms with Gasteiger partial charge in [-0.3, -0.25) is 4.79 Å². The molecule has 1 aromatic rings. The molecule has 0 aliphatic rings. The molecule has 0 amide bonds. The maximum atomic E-state index is 10.1. The molecule has 0 spiro atoms. The van der Waals surface area contributed by atoms with Crippen LogP contribution < -0.4 is 0 Å².